The van der Waals surface area contributed by atoms with Crippen LogP contribution in [0.25, 0.3) is 0 Å². The van der Waals surface area contributed by atoms with Crippen LogP contribution >= 0.6 is 22.9 Å². The maximum Gasteiger partial charge on any atom is 0.264 e. The van der Waals surface area contributed by atoms with Gasteiger partial charge in [0.05, 0.1) is 18.7 Å². The first-order chi connectivity index (χ1) is 9.72. The van der Waals surface area contributed by atoms with Crippen LogP contribution in [0, 0.1) is 0 Å². The summed E-state index contributed by atoms with van der Waals surface area (Å²) in [5.41, 5.74) is 0.734. The minimum Gasteiger partial charge on any atom is -0.493 e. The van der Waals surface area contributed by atoms with E-state index in [4.69, 9.17) is 21.1 Å². The highest BCUT2D eigenvalue weighted by molar-refractivity contribution is 7.13. The number of thiazole rings is 1. The van der Waals surface area contributed by atoms with Gasteiger partial charge < -0.3 is 9.47 Å². The molecule has 5 nitrogen and oxygen atoms in total. The van der Waals surface area contributed by atoms with Crippen LogP contribution in [0.15, 0.2) is 29.6 Å². The molecular weight excluding hydrogens is 300 g/mol. The number of carbonyl (C=O) groups excluding carboxylic acids is 1. The van der Waals surface area contributed by atoms with E-state index in [-0.39, 0.29) is 12.5 Å². The number of benzene rings is 1. The molecule has 20 heavy (non-hydrogen) atoms. The molecule has 0 saturated heterocycles. The molecule has 106 valence electrons. The number of nitrogens with zero attached hydrogens (tertiary/aromatic N) is 1. The van der Waals surface area contributed by atoms with E-state index in [2.05, 4.69) is 10.3 Å². The van der Waals surface area contributed by atoms with Crippen LogP contribution in [0.1, 0.15) is 5.69 Å². The van der Waals surface area contributed by atoms with Crippen LogP contribution in [0.5, 0.6) is 11.5 Å². The number of amides is 1. The van der Waals surface area contributed by atoms with E-state index in [1.807, 2.05) is 12.1 Å². The fourth-order valence-corrected chi connectivity index (χ4v) is 2.42. The number of nitrogens with one attached hydrogen (secondary N) is 1. The summed E-state index contributed by atoms with van der Waals surface area (Å²) in [6.07, 6.45) is 0. The summed E-state index contributed by atoms with van der Waals surface area (Å²) in [7, 11) is 1.55. The predicted octanol–water partition coefficient (Wildman–Crippen LogP) is 2.91. The Kier molecular flexibility index (Phi) is 5.20. The largest absolute Gasteiger partial charge is 0.493 e. The Morgan fingerprint density at radius 3 is 2.80 bits per heavy atom. The van der Waals surface area contributed by atoms with Crippen molar-refractivity contribution in [2.75, 3.05) is 19.0 Å². The average Bonchev–Trinajstić information content (AvgIpc) is 2.93. The number of hydrogen-bond donors (Lipinski definition) is 1. The molecule has 7 heteroatoms. The van der Waals surface area contributed by atoms with E-state index >= 15 is 0 Å². The van der Waals surface area contributed by atoms with Crippen LogP contribution in [0.4, 0.5) is 5.13 Å². The number of ether oxygens (including phenoxy) is 2. The van der Waals surface area contributed by atoms with Gasteiger partial charge in [-0.05, 0) is 12.1 Å². The van der Waals surface area contributed by atoms with E-state index in [9.17, 15) is 4.79 Å². The third-order valence-electron chi connectivity index (χ3n) is 2.36. The molecule has 0 spiro atoms. The monoisotopic (exact) mass is 312 g/mol. The number of aromatic nitrogens is 1. The summed E-state index contributed by atoms with van der Waals surface area (Å²) in [4.78, 5) is 15.9. The lowest BCUT2D eigenvalue weighted by molar-refractivity contribution is -0.118. The summed E-state index contributed by atoms with van der Waals surface area (Å²) in [6.45, 7) is -0.115. The first-order valence-electron chi connectivity index (χ1n) is 5.79. The summed E-state index contributed by atoms with van der Waals surface area (Å²) in [5.74, 6) is 1.14. The van der Waals surface area contributed by atoms with Gasteiger partial charge in [-0.3, -0.25) is 10.1 Å². The van der Waals surface area contributed by atoms with Gasteiger partial charge in [0.2, 0.25) is 0 Å². The molecule has 0 fully saturated rings. The molecule has 0 aliphatic rings. The minimum absolute atomic E-state index is 0.115. The Hall–Kier alpha value is -1.79. The van der Waals surface area contributed by atoms with Crippen molar-refractivity contribution in [2.45, 2.75) is 5.88 Å². The maximum atomic E-state index is 11.7. The molecule has 0 saturated carbocycles. The van der Waals surface area contributed by atoms with Crippen LogP contribution in [-0.4, -0.2) is 24.6 Å². The van der Waals surface area contributed by atoms with Crippen molar-refractivity contribution in [2.24, 2.45) is 0 Å². The van der Waals surface area contributed by atoms with Gasteiger partial charge in [0.1, 0.15) is 0 Å². The van der Waals surface area contributed by atoms with Crippen molar-refractivity contribution in [3.05, 3.63) is 35.3 Å². The number of alkyl halides is 1. The van der Waals surface area contributed by atoms with Gasteiger partial charge >= 0.3 is 0 Å². The van der Waals surface area contributed by atoms with Crippen molar-refractivity contribution in [3.8, 4) is 11.5 Å². The van der Waals surface area contributed by atoms with E-state index in [0.29, 0.717) is 22.5 Å². The Morgan fingerprint density at radius 2 is 2.15 bits per heavy atom. The second kappa shape index (κ2) is 7.12. The second-order valence-electron chi connectivity index (χ2n) is 3.77. The Bertz CT molecular complexity index is 589. The summed E-state index contributed by atoms with van der Waals surface area (Å²) >= 11 is 6.97. The number of hydrogen-bond acceptors (Lipinski definition) is 5. The normalized spacial score (nSPS) is 10.1. The van der Waals surface area contributed by atoms with Gasteiger partial charge in [-0.25, -0.2) is 4.98 Å². The molecular formula is C13H13ClN2O3S. The highest BCUT2D eigenvalue weighted by Crippen LogP contribution is 2.25. The lowest BCUT2D eigenvalue weighted by atomic mass is 10.3. The summed E-state index contributed by atoms with van der Waals surface area (Å²) in [5, 5.41) is 4.95. The Labute approximate surface area is 125 Å². The van der Waals surface area contributed by atoms with Crippen molar-refractivity contribution < 1.29 is 14.3 Å². The number of carbonyl (C=O) groups is 1. The molecule has 1 aromatic carbocycles. The standard InChI is InChI=1S/C13H13ClN2O3S/c1-18-10-4-2-3-5-11(10)19-7-12(17)16-13-15-9(6-14)8-20-13/h2-5,8H,6-7H2,1H3,(H,15,16,17). The SMILES string of the molecule is COc1ccccc1OCC(=O)Nc1nc(CCl)cs1. The molecule has 0 atom stereocenters. The molecule has 2 rings (SSSR count). The summed E-state index contributed by atoms with van der Waals surface area (Å²) in [6, 6.07) is 7.14. The first-order valence-corrected chi connectivity index (χ1v) is 7.20. The smallest absolute Gasteiger partial charge is 0.264 e. The fourth-order valence-electron chi connectivity index (χ4n) is 1.46. The second-order valence-corrected chi connectivity index (χ2v) is 4.89. The summed E-state index contributed by atoms with van der Waals surface area (Å²) < 4.78 is 10.5. The van der Waals surface area contributed by atoms with Crippen LogP contribution in [-0.2, 0) is 10.7 Å². The molecule has 0 bridgehead atoms. The number of methoxy groups -OCH3 is 1. The zero-order chi connectivity index (χ0) is 14.4. The molecule has 1 aromatic heterocycles. The average molecular weight is 313 g/mol. The topological polar surface area (TPSA) is 60.5 Å². The van der Waals surface area contributed by atoms with Crippen LogP contribution < -0.4 is 14.8 Å². The highest BCUT2D eigenvalue weighted by atomic mass is 35.5. The lowest BCUT2D eigenvalue weighted by Crippen LogP contribution is -2.20. The zero-order valence-corrected chi connectivity index (χ0v) is 12.3. The zero-order valence-electron chi connectivity index (χ0n) is 10.8. The van der Waals surface area contributed by atoms with Gasteiger partial charge in [-0.15, -0.1) is 22.9 Å². The molecule has 1 heterocycles. The highest BCUT2D eigenvalue weighted by Gasteiger charge is 2.09. The van der Waals surface area contributed by atoms with E-state index < -0.39 is 0 Å². The number of anilines is 1. The van der Waals surface area contributed by atoms with E-state index in [1.165, 1.54) is 11.3 Å². The fraction of sp³-hybridized carbons (Fsp3) is 0.231. The van der Waals surface area contributed by atoms with Crippen LogP contribution in [0.2, 0.25) is 0 Å². The molecule has 0 aliphatic carbocycles. The van der Waals surface area contributed by atoms with Crippen molar-refractivity contribution >= 4 is 34.0 Å². The number of halogens is 1. The number of rotatable bonds is 6. The lowest BCUT2D eigenvalue weighted by Gasteiger charge is -2.09. The predicted molar refractivity (Wildman–Crippen MR) is 78.8 cm³/mol. The van der Waals surface area contributed by atoms with Gasteiger partial charge in [0, 0.05) is 5.38 Å². The van der Waals surface area contributed by atoms with Crippen molar-refractivity contribution in [3.63, 3.8) is 0 Å². The first kappa shape index (κ1) is 14.6. The van der Waals surface area contributed by atoms with Gasteiger partial charge in [0.15, 0.2) is 23.2 Å². The van der Waals surface area contributed by atoms with Crippen molar-refractivity contribution in [1.82, 2.24) is 4.98 Å². The molecule has 0 unspecified atom stereocenters. The molecule has 0 aliphatic heterocycles. The molecule has 0 radical (unpaired) electrons. The molecule has 1 N–H and O–H groups in total. The minimum atomic E-state index is -0.286. The molecule has 1 amide bonds. The maximum absolute atomic E-state index is 11.7. The molecule has 2 aromatic rings. The quantitative estimate of drug-likeness (QED) is 0.833. The van der Waals surface area contributed by atoms with E-state index in [0.717, 1.165) is 5.69 Å². The van der Waals surface area contributed by atoms with Gasteiger partial charge in [0.25, 0.3) is 5.91 Å². The Morgan fingerprint density at radius 1 is 1.40 bits per heavy atom. The third kappa shape index (κ3) is 3.85. The van der Waals surface area contributed by atoms with Crippen molar-refractivity contribution in [1.29, 1.82) is 0 Å². The Balaban J connectivity index is 1.88. The van der Waals surface area contributed by atoms with Crippen LogP contribution in [0.3, 0.4) is 0 Å². The van der Waals surface area contributed by atoms with E-state index in [1.54, 1.807) is 24.6 Å². The van der Waals surface area contributed by atoms with Gasteiger partial charge in [-0.1, -0.05) is 12.1 Å². The van der Waals surface area contributed by atoms with Gasteiger partial charge in [-0.2, -0.15) is 0 Å². The number of para-hydroxylation sites is 2. The third-order valence-corrected chi connectivity index (χ3v) is 3.44.